The fourth-order valence-corrected chi connectivity index (χ4v) is 2.81. The SMILES string of the molecule is CC(CCN)Cc1nc(-c2ccc(F)cc2)cs1. The molecule has 0 aliphatic carbocycles. The second kappa shape index (κ2) is 6.07. The van der Waals surface area contributed by atoms with E-state index in [-0.39, 0.29) is 5.82 Å². The summed E-state index contributed by atoms with van der Waals surface area (Å²) in [6.07, 6.45) is 1.98. The maximum absolute atomic E-state index is 12.8. The minimum atomic E-state index is -0.217. The van der Waals surface area contributed by atoms with Gasteiger partial charge in [0.25, 0.3) is 0 Å². The second-order valence-electron chi connectivity index (χ2n) is 4.52. The molecular weight excluding hydrogens is 247 g/mol. The van der Waals surface area contributed by atoms with Crippen LogP contribution >= 0.6 is 11.3 Å². The van der Waals surface area contributed by atoms with Gasteiger partial charge in [-0.25, -0.2) is 9.37 Å². The van der Waals surface area contributed by atoms with Gasteiger partial charge in [-0.2, -0.15) is 0 Å². The number of hydrogen-bond donors (Lipinski definition) is 1. The molecule has 0 bridgehead atoms. The van der Waals surface area contributed by atoms with Crippen molar-refractivity contribution in [2.45, 2.75) is 19.8 Å². The molecule has 2 N–H and O–H groups in total. The number of nitrogens with two attached hydrogens (primary N) is 1. The highest BCUT2D eigenvalue weighted by molar-refractivity contribution is 7.09. The Hall–Kier alpha value is -1.26. The van der Waals surface area contributed by atoms with Crippen LogP contribution in [-0.4, -0.2) is 11.5 Å². The lowest BCUT2D eigenvalue weighted by Crippen LogP contribution is -2.07. The molecule has 0 aliphatic rings. The van der Waals surface area contributed by atoms with Gasteiger partial charge >= 0.3 is 0 Å². The minimum Gasteiger partial charge on any atom is -0.330 e. The van der Waals surface area contributed by atoms with Gasteiger partial charge in [-0.1, -0.05) is 6.92 Å². The van der Waals surface area contributed by atoms with Gasteiger partial charge in [-0.3, -0.25) is 0 Å². The lowest BCUT2D eigenvalue weighted by atomic mass is 10.1. The zero-order chi connectivity index (χ0) is 13.0. The molecule has 2 aromatic rings. The van der Waals surface area contributed by atoms with E-state index in [4.69, 9.17) is 5.73 Å². The number of nitrogens with zero attached hydrogens (tertiary/aromatic N) is 1. The fourth-order valence-electron chi connectivity index (χ4n) is 1.84. The molecule has 2 rings (SSSR count). The zero-order valence-corrected chi connectivity index (χ0v) is 11.2. The Morgan fingerprint density at radius 3 is 2.72 bits per heavy atom. The van der Waals surface area contributed by atoms with E-state index in [9.17, 15) is 4.39 Å². The standard InChI is InChI=1S/C14H17FN2S/c1-10(6-7-16)8-14-17-13(9-18-14)11-2-4-12(15)5-3-11/h2-5,9-10H,6-8,16H2,1H3. The summed E-state index contributed by atoms with van der Waals surface area (Å²) in [4.78, 5) is 4.59. The van der Waals surface area contributed by atoms with Crippen LogP contribution < -0.4 is 5.73 Å². The molecule has 1 aromatic carbocycles. The fraction of sp³-hybridized carbons (Fsp3) is 0.357. The van der Waals surface area contributed by atoms with Crippen molar-refractivity contribution in [3.8, 4) is 11.3 Å². The van der Waals surface area contributed by atoms with Crippen molar-refractivity contribution in [1.29, 1.82) is 0 Å². The van der Waals surface area contributed by atoms with Crippen molar-refractivity contribution in [2.24, 2.45) is 11.7 Å². The number of aromatic nitrogens is 1. The number of halogens is 1. The van der Waals surface area contributed by atoms with Gasteiger partial charge in [-0.05, 0) is 43.1 Å². The second-order valence-corrected chi connectivity index (χ2v) is 5.46. The molecule has 1 heterocycles. The van der Waals surface area contributed by atoms with E-state index in [0.29, 0.717) is 5.92 Å². The first-order chi connectivity index (χ1) is 8.69. The first kappa shape index (κ1) is 13.2. The molecule has 1 unspecified atom stereocenters. The Morgan fingerprint density at radius 2 is 2.06 bits per heavy atom. The van der Waals surface area contributed by atoms with Gasteiger partial charge in [0.1, 0.15) is 5.82 Å². The molecule has 0 spiro atoms. The van der Waals surface area contributed by atoms with E-state index in [1.807, 2.05) is 5.38 Å². The van der Waals surface area contributed by atoms with Gasteiger partial charge in [0, 0.05) is 17.4 Å². The topological polar surface area (TPSA) is 38.9 Å². The maximum atomic E-state index is 12.8. The first-order valence-electron chi connectivity index (χ1n) is 6.09. The Morgan fingerprint density at radius 1 is 1.33 bits per heavy atom. The molecule has 0 fully saturated rings. The first-order valence-corrected chi connectivity index (χ1v) is 6.97. The normalized spacial score (nSPS) is 12.6. The zero-order valence-electron chi connectivity index (χ0n) is 10.4. The van der Waals surface area contributed by atoms with Crippen LogP contribution in [0.15, 0.2) is 29.6 Å². The molecule has 96 valence electrons. The molecule has 0 amide bonds. The van der Waals surface area contributed by atoms with Crippen molar-refractivity contribution in [3.05, 3.63) is 40.5 Å². The van der Waals surface area contributed by atoms with Crippen molar-refractivity contribution in [1.82, 2.24) is 4.98 Å². The number of benzene rings is 1. The average Bonchev–Trinajstić information content (AvgIpc) is 2.78. The number of thiazole rings is 1. The molecule has 1 atom stereocenters. The Balaban J connectivity index is 2.08. The summed E-state index contributed by atoms with van der Waals surface area (Å²) in [6.45, 7) is 2.91. The van der Waals surface area contributed by atoms with Gasteiger partial charge in [0.15, 0.2) is 0 Å². The number of rotatable bonds is 5. The van der Waals surface area contributed by atoms with E-state index >= 15 is 0 Å². The molecule has 18 heavy (non-hydrogen) atoms. The Kier molecular flexibility index (Phi) is 4.44. The van der Waals surface area contributed by atoms with Crippen LogP contribution in [0.4, 0.5) is 4.39 Å². The summed E-state index contributed by atoms with van der Waals surface area (Å²) >= 11 is 1.66. The molecule has 2 nitrogen and oxygen atoms in total. The average molecular weight is 264 g/mol. The highest BCUT2D eigenvalue weighted by Crippen LogP contribution is 2.24. The van der Waals surface area contributed by atoms with Gasteiger partial charge in [0.2, 0.25) is 0 Å². The number of hydrogen-bond acceptors (Lipinski definition) is 3. The summed E-state index contributed by atoms with van der Waals surface area (Å²) in [7, 11) is 0. The van der Waals surface area contributed by atoms with Gasteiger partial charge in [-0.15, -0.1) is 11.3 Å². The summed E-state index contributed by atoms with van der Waals surface area (Å²) in [5.74, 6) is 0.341. The molecule has 4 heteroatoms. The molecule has 0 saturated heterocycles. The lowest BCUT2D eigenvalue weighted by Gasteiger charge is -2.06. The van der Waals surface area contributed by atoms with Crippen LogP contribution in [0, 0.1) is 11.7 Å². The monoisotopic (exact) mass is 264 g/mol. The van der Waals surface area contributed by atoms with Gasteiger partial charge < -0.3 is 5.73 Å². The molecule has 0 aliphatic heterocycles. The van der Waals surface area contributed by atoms with E-state index in [1.54, 1.807) is 23.5 Å². The quantitative estimate of drug-likeness (QED) is 0.898. The third-order valence-corrected chi connectivity index (χ3v) is 3.75. The van der Waals surface area contributed by atoms with Crippen LogP contribution in [0.5, 0.6) is 0 Å². The Bertz CT molecular complexity index is 493. The smallest absolute Gasteiger partial charge is 0.123 e. The van der Waals surface area contributed by atoms with E-state index in [2.05, 4.69) is 11.9 Å². The minimum absolute atomic E-state index is 0.217. The molecular formula is C14H17FN2S. The summed E-state index contributed by atoms with van der Waals surface area (Å²) in [5.41, 5.74) is 7.43. The van der Waals surface area contributed by atoms with Crippen LogP contribution in [0.1, 0.15) is 18.4 Å². The van der Waals surface area contributed by atoms with Crippen LogP contribution in [-0.2, 0) is 6.42 Å². The summed E-state index contributed by atoms with van der Waals surface area (Å²) in [6, 6.07) is 6.45. The van der Waals surface area contributed by atoms with Gasteiger partial charge in [0.05, 0.1) is 10.7 Å². The predicted molar refractivity (Wildman–Crippen MR) is 74.0 cm³/mol. The van der Waals surface area contributed by atoms with Crippen molar-refractivity contribution in [2.75, 3.05) is 6.54 Å². The van der Waals surface area contributed by atoms with Crippen LogP contribution in [0.25, 0.3) is 11.3 Å². The largest absolute Gasteiger partial charge is 0.330 e. The van der Waals surface area contributed by atoms with Crippen LogP contribution in [0.3, 0.4) is 0 Å². The molecule has 1 aromatic heterocycles. The third-order valence-electron chi connectivity index (χ3n) is 2.87. The molecule has 0 saturated carbocycles. The highest BCUT2D eigenvalue weighted by Gasteiger charge is 2.08. The van der Waals surface area contributed by atoms with Crippen molar-refractivity contribution < 1.29 is 4.39 Å². The van der Waals surface area contributed by atoms with Crippen molar-refractivity contribution in [3.63, 3.8) is 0 Å². The lowest BCUT2D eigenvalue weighted by molar-refractivity contribution is 0.537. The summed E-state index contributed by atoms with van der Waals surface area (Å²) < 4.78 is 12.8. The maximum Gasteiger partial charge on any atom is 0.123 e. The Labute approximate surface area is 111 Å². The van der Waals surface area contributed by atoms with E-state index in [0.717, 1.165) is 35.7 Å². The molecule has 0 radical (unpaired) electrons. The highest BCUT2D eigenvalue weighted by atomic mass is 32.1. The third kappa shape index (κ3) is 3.37. The predicted octanol–water partition coefficient (Wildman–Crippen LogP) is 3.48. The van der Waals surface area contributed by atoms with Crippen LogP contribution in [0.2, 0.25) is 0 Å². The van der Waals surface area contributed by atoms with Crippen molar-refractivity contribution >= 4 is 11.3 Å². The van der Waals surface area contributed by atoms with E-state index in [1.165, 1.54) is 12.1 Å². The summed E-state index contributed by atoms with van der Waals surface area (Å²) in [5, 5.41) is 3.15. The van der Waals surface area contributed by atoms with E-state index < -0.39 is 0 Å².